The van der Waals surface area contributed by atoms with E-state index < -0.39 is 0 Å². The zero-order valence-electron chi connectivity index (χ0n) is 10.5. The smallest absolute Gasteiger partial charge is 0.146 e. The van der Waals surface area contributed by atoms with Crippen LogP contribution in [-0.4, -0.2) is 11.5 Å². The Morgan fingerprint density at radius 1 is 1.16 bits per heavy atom. The zero-order chi connectivity index (χ0) is 13.7. The number of halogens is 2. The summed E-state index contributed by atoms with van der Waals surface area (Å²) in [6, 6.07) is 7.92. The first kappa shape index (κ1) is 14.5. The third-order valence-corrected chi connectivity index (χ3v) is 3.43. The Morgan fingerprint density at radius 3 is 2.74 bits per heavy atom. The van der Waals surface area contributed by atoms with Gasteiger partial charge in [0.1, 0.15) is 11.5 Å². The molecule has 19 heavy (non-hydrogen) atoms. The fourth-order valence-corrected chi connectivity index (χ4v) is 2.29. The van der Waals surface area contributed by atoms with E-state index in [2.05, 4.69) is 49.1 Å². The van der Waals surface area contributed by atoms with E-state index in [0.717, 1.165) is 33.3 Å². The molecule has 0 amide bonds. The Kier molecular flexibility index (Phi) is 5.36. The molecule has 0 spiro atoms. The molecule has 0 aliphatic carbocycles. The first-order valence-electron chi connectivity index (χ1n) is 5.96. The van der Waals surface area contributed by atoms with Gasteiger partial charge < -0.3 is 10.1 Å². The number of benzene rings is 1. The summed E-state index contributed by atoms with van der Waals surface area (Å²) in [4.78, 5) is 4.10. The largest absolute Gasteiger partial charge is 0.455 e. The predicted molar refractivity (Wildman–Crippen MR) is 83.5 cm³/mol. The molecule has 1 N–H and O–H groups in total. The quantitative estimate of drug-likeness (QED) is 0.822. The van der Waals surface area contributed by atoms with Crippen LogP contribution in [0, 0.1) is 0 Å². The van der Waals surface area contributed by atoms with Crippen molar-refractivity contribution in [1.29, 1.82) is 0 Å². The molecule has 0 bridgehead atoms. The average Bonchev–Trinajstić information content (AvgIpc) is 2.38. The van der Waals surface area contributed by atoms with Gasteiger partial charge in [-0.05, 0) is 40.7 Å². The summed E-state index contributed by atoms with van der Waals surface area (Å²) in [5.41, 5.74) is 1.12. The van der Waals surface area contributed by atoms with E-state index in [1.165, 1.54) is 0 Å². The molecule has 1 heterocycles. The minimum atomic E-state index is 0.713. The van der Waals surface area contributed by atoms with Crippen molar-refractivity contribution < 1.29 is 4.74 Å². The molecule has 5 heteroatoms. The van der Waals surface area contributed by atoms with Crippen LogP contribution in [0.2, 0.25) is 0 Å². The van der Waals surface area contributed by atoms with Crippen molar-refractivity contribution in [2.24, 2.45) is 0 Å². The highest BCUT2D eigenvalue weighted by Crippen LogP contribution is 2.29. The standard InChI is InChI=1S/C14H14Br2N2O/c1-2-17-7-10-3-4-11(15)6-14(10)19-13-5-12(16)8-18-9-13/h3-6,8-9,17H,2,7H2,1H3. The van der Waals surface area contributed by atoms with Gasteiger partial charge in [-0.2, -0.15) is 0 Å². The van der Waals surface area contributed by atoms with Gasteiger partial charge in [0, 0.05) is 27.3 Å². The van der Waals surface area contributed by atoms with E-state index in [9.17, 15) is 0 Å². The van der Waals surface area contributed by atoms with Gasteiger partial charge >= 0.3 is 0 Å². The summed E-state index contributed by atoms with van der Waals surface area (Å²) in [6.07, 6.45) is 3.43. The second-order valence-corrected chi connectivity index (χ2v) is 5.80. The summed E-state index contributed by atoms with van der Waals surface area (Å²) < 4.78 is 7.79. The van der Waals surface area contributed by atoms with E-state index in [1.807, 2.05) is 24.3 Å². The average molecular weight is 386 g/mol. The Labute approximate surface area is 129 Å². The molecule has 2 rings (SSSR count). The first-order chi connectivity index (χ1) is 9.19. The van der Waals surface area contributed by atoms with E-state index in [1.54, 1.807) is 12.4 Å². The van der Waals surface area contributed by atoms with Crippen molar-refractivity contribution in [3.05, 3.63) is 51.2 Å². The van der Waals surface area contributed by atoms with Crippen LogP contribution < -0.4 is 10.1 Å². The molecule has 0 fully saturated rings. The Hall–Kier alpha value is -0.910. The van der Waals surface area contributed by atoms with Crippen molar-refractivity contribution in [3.63, 3.8) is 0 Å². The van der Waals surface area contributed by atoms with E-state index in [4.69, 9.17) is 4.74 Å². The molecular weight excluding hydrogens is 372 g/mol. The number of ether oxygens (including phenoxy) is 1. The third-order valence-electron chi connectivity index (χ3n) is 2.50. The molecule has 100 valence electrons. The topological polar surface area (TPSA) is 34.1 Å². The summed E-state index contributed by atoms with van der Waals surface area (Å²) in [7, 11) is 0. The second kappa shape index (κ2) is 7.03. The summed E-state index contributed by atoms with van der Waals surface area (Å²) >= 11 is 6.85. The number of rotatable bonds is 5. The van der Waals surface area contributed by atoms with Gasteiger partial charge in [-0.15, -0.1) is 0 Å². The Bertz CT molecular complexity index is 561. The van der Waals surface area contributed by atoms with E-state index in [0.29, 0.717) is 5.75 Å². The Balaban J connectivity index is 2.24. The highest BCUT2D eigenvalue weighted by molar-refractivity contribution is 9.10. The van der Waals surface area contributed by atoms with Gasteiger partial charge in [0.05, 0.1) is 6.20 Å². The maximum atomic E-state index is 5.91. The molecule has 1 aromatic heterocycles. The maximum absolute atomic E-state index is 5.91. The number of nitrogens with one attached hydrogen (secondary N) is 1. The van der Waals surface area contributed by atoms with Crippen LogP contribution in [0.1, 0.15) is 12.5 Å². The highest BCUT2D eigenvalue weighted by atomic mass is 79.9. The number of nitrogens with zero attached hydrogens (tertiary/aromatic N) is 1. The number of hydrogen-bond acceptors (Lipinski definition) is 3. The highest BCUT2D eigenvalue weighted by Gasteiger charge is 2.06. The first-order valence-corrected chi connectivity index (χ1v) is 7.55. The van der Waals surface area contributed by atoms with Crippen LogP contribution in [0.25, 0.3) is 0 Å². The lowest BCUT2D eigenvalue weighted by Crippen LogP contribution is -2.12. The van der Waals surface area contributed by atoms with Gasteiger partial charge in [-0.3, -0.25) is 4.98 Å². The fourth-order valence-electron chi connectivity index (χ4n) is 1.60. The van der Waals surface area contributed by atoms with Crippen LogP contribution in [0.3, 0.4) is 0 Å². The zero-order valence-corrected chi connectivity index (χ0v) is 13.7. The third kappa shape index (κ3) is 4.30. The SMILES string of the molecule is CCNCc1ccc(Br)cc1Oc1cncc(Br)c1. The van der Waals surface area contributed by atoms with Crippen LogP contribution in [0.15, 0.2) is 45.6 Å². The van der Waals surface area contributed by atoms with Gasteiger partial charge in [0.2, 0.25) is 0 Å². The molecule has 0 aliphatic rings. The van der Waals surface area contributed by atoms with E-state index in [-0.39, 0.29) is 0 Å². The molecule has 0 radical (unpaired) electrons. The summed E-state index contributed by atoms with van der Waals surface area (Å²) in [5.74, 6) is 1.54. The second-order valence-electron chi connectivity index (χ2n) is 3.97. The lowest BCUT2D eigenvalue weighted by atomic mass is 10.2. The molecule has 0 aliphatic heterocycles. The van der Waals surface area contributed by atoms with Crippen LogP contribution in [0.4, 0.5) is 0 Å². The minimum absolute atomic E-state index is 0.713. The van der Waals surface area contributed by atoms with Crippen LogP contribution in [0.5, 0.6) is 11.5 Å². The van der Waals surface area contributed by atoms with Crippen molar-refractivity contribution >= 4 is 31.9 Å². The molecule has 0 saturated heterocycles. The molecule has 0 saturated carbocycles. The molecule has 2 aromatic rings. The van der Waals surface area contributed by atoms with Gasteiger partial charge in [0.25, 0.3) is 0 Å². The van der Waals surface area contributed by atoms with Crippen molar-refractivity contribution in [3.8, 4) is 11.5 Å². The summed E-state index contributed by atoms with van der Waals surface area (Å²) in [6.45, 7) is 3.78. The molecular formula is C14H14Br2N2O. The van der Waals surface area contributed by atoms with E-state index >= 15 is 0 Å². The van der Waals surface area contributed by atoms with Gasteiger partial charge in [0.15, 0.2) is 0 Å². The molecule has 0 atom stereocenters. The normalized spacial score (nSPS) is 10.5. The maximum Gasteiger partial charge on any atom is 0.146 e. The predicted octanol–water partition coefficient (Wildman–Crippen LogP) is 4.51. The molecule has 1 aromatic carbocycles. The van der Waals surface area contributed by atoms with Gasteiger partial charge in [-0.25, -0.2) is 0 Å². The molecule has 3 nitrogen and oxygen atoms in total. The number of pyridine rings is 1. The lowest BCUT2D eigenvalue weighted by molar-refractivity contribution is 0.470. The minimum Gasteiger partial charge on any atom is -0.455 e. The van der Waals surface area contributed by atoms with Crippen molar-refractivity contribution in [1.82, 2.24) is 10.3 Å². The number of hydrogen-bond donors (Lipinski definition) is 1. The summed E-state index contributed by atoms with van der Waals surface area (Å²) in [5, 5.41) is 3.30. The van der Waals surface area contributed by atoms with Gasteiger partial charge in [-0.1, -0.05) is 28.9 Å². The number of aromatic nitrogens is 1. The fraction of sp³-hybridized carbons (Fsp3) is 0.214. The van der Waals surface area contributed by atoms with Crippen molar-refractivity contribution in [2.75, 3.05) is 6.54 Å². The Morgan fingerprint density at radius 2 is 2.00 bits per heavy atom. The molecule has 0 unspecified atom stereocenters. The lowest BCUT2D eigenvalue weighted by Gasteiger charge is -2.12. The van der Waals surface area contributed by atoms with Crippen molar-refractivity contribution in [2.45, 2.75) is 13.5 Å². The van der Waals surface area contributed by atoms with Crippen LogP contribution >= 0.6 is 31.9 Å². The van der Waals surface area contributed by atoms with Crippen LogP contribution in [-0.2, 0) is 6.54 Å². The monoisotopic (exact) mass is 384 g/mol.